The Hall–Kier alpha value is -2.25. The van der Waals surface area contributed by atoms with Crippen molar-refractivity contribution in [1.82, 2.24) is 10.2 Å². The smallest absolute Gasteiger partial charge is 0.216 e. The lowest BCUT2D eigenvalue weighted by Crippen LogP contribution is -2.47. The zero-order valence-corrected chi connectivity index (χ0v) is 16.7. The fraction of sp³-hybridized carbons (Fsp3) is 0.435. The lowest BCUT2D eigenvalue weighted by Gasteiger charge is -2.31. The van der Waals surface area contributed by atoms with Crippen LogP contribution in [0.2, 0.25) is 0 Å². The molecule has 156 valence electrons. The van der Waals surface area contributed by atoms with E-state index in [9.17, 15) is 20.1 Å². The molecule has 0 bridgehead atoms. The second-order valence-corrected chi connectivity index (χ2v) is 7.64. The SMILES string of the molecule is CC(=O)NCC1C(O)C(O)C(CO)N1CCC(c1ccccc1)c1ccccc1. The Balaban J connectivity index is 1.81. The van der Waals surface area contributed by atoms with E-state index in [2.05, 4.69) is 29.6 Å². The zero-order valence-electron chi connectivity index (χ0n) is 16.7. The average molecular weight is 399 g/mol. The molecule has 0 aliphatic carbocycles. The van der Waals surface area contributed by atoms with Crippen LogP contribution in [0.1, 0.15) is 30.4 Å². The van der Waals surface area contributed by atoms with Gasteiger partial charge in [-0.15, -0.1) is 0 Å². The predicted octanol–water partition coefficient (Wildman–Crippen LogP) is 1.11. The van der Waals surface area contributed by atoms with Crippen molar-refractivity contribution in [3.05, 3.63) is 71.8 Å². The fourth-order valence-electron chi connectivity index (χ4n) is 4.30. The normalized spacial score (nSPS) is 24.7. The number of hydrogen-bond acceptors (Lipinski definition) is 5. The molecule has 6 nitrogen and oxygen atoms in total. The number of aliphatic hydroxyl groups is 3. The molecule has 1 aliphatic rings. The van der Waals surface area contributed by atoms with E-state index in [1.807, 2.05) is 41.3 Å². The van der Waals surface area contributed by atoms with Gasteiger partial charge in [-0.3, -0.25) is 9.69 Å². The van der Waals surface area contributed by atoms with E-state index in [4.69, 9.17) is 0 Å². The van der Waals surface area contributed by atoms with Crippen molar-refractivity contribution in [2.45, 2.75) is 43.6 Å². The number of hydrogen-bond donors (Lipinski definition) is 4. The molecule has 1 amide bonds. The maximum Gasteiger partial charge on any atom is 0.216 e. The van der Waals surface area contributed by atoms with E-state index in [0.717, 1.165) is 6.42 Å². The molecule has 2 aromatic rings. The number of amides is 1. The van der Waals surface area contributed by atoms with Crippen LogP contribution in [0.3, 0.4) is 0 Å². The number of nitrogens with one attached hydrogen (secondary N) is 1. The van der Waals surface area contributed by atoms with Crippen LogP contribution in [0, 0.1) is 0 Å². The number of carbonyl (C=O) groups is 1. The summed E-state index contributed by atoms with van der Waals surface area (Å²) in [5, 5.41) is 33.4. The minimum atomic E-state index is -1.05. The maximum absolute atomic E-state index is 11.4. The van der Waals surface area contributed by atoms with Crippen molar-refractivity contribution in [2.75, 3.05) is 19.7 Å². The molecule has 1 heterocycles. The van der Waals surface area contributed by atoms with Gasteiger partial charge in [0.25, 0.3) is 0 Å². The molecule has 0 radical (unpaired) electrons. The van der Waals surface area contributed by atoms with Gasteiger partial charge in [-0.2, -0.15) is 0 Å². The van der Waals surface area contributed by atoms with Gasteiger partial charge in [-0.1, -0.05) is 60.7 Å². The third kappa shape index (κ3) is 5.03. The van der Waals surface area contributed by atoms with Crippen molar-refractivity contribution >= 4 is 5.91 Å². The lowest BCUT2D eigenvalue weighted by atomic mass is 9.88. The Morgan fingerprint density at radius 2 is 1.48 bits per heavy atom. The molecule has 1 fully saturated rings. The van der Waals surface area contributed by atoms with E-state index in [1.165, 1.54) is 18.1 Å². The number of aliphatic hydroxyl groups excluding tert-OH is 3. The predicted molar refractivity (Wildman–Crippen MR) is 111 cm³/mol. The third-order valence-corrected chi connectivity index (χ3v) is 5.82. The van der Waals surface area contributed by atoms with Gasteiger partial charge >= 0.3 is 0 Å². The maximum atomic E-state index is 11.4. The average Bonchev–Trinajstić information content (AvgIpc) is 2.97. The van der Waals surface area contributed by atoms with E-state index in [0.29, 0.717) is 6.54 Å². The van der Waals surface area contributed by atoms with Crippen molar-refractivity contribution in [2.24, 2.45) is 0 Å². The first-order valence-corrected chi connectivity index (χ1v) is 10.1. The van der Waals surface area contributed by atoms with Gasteiger partial charge < -0.3 is 20.6 Å². The van der Waals surface area contributed by atoms with Crippen LogP contribution >= 0.6 is 0 Å². The molecule has 6 heteroatoms. The summed E-state index contributed by atoms with van der Waals surface area (Å²) < 4.78 is 0. The molecule has 4 atom stereocenters. The summed E-state index contributed by atoms with van der Waals surface area (Å²) in [6.45, 7) is 1.96. The molecular formula is C23H30N2O4. The van der Waals surface area contributed by atoms with E-state index in [-0.39, 0.29) is 25.0 Å². The van der Waals surface area contributed by atoms with Crippen LogP contribution in [-0.2, 0) is 4.79 Å². The van der Waals surface area contributed by atoms with Gasteiger partial charge in [0.05, 0.1) is 30.9 Å². The lowest BCUT2D eigenvalue weighted by molar-refractivity contribution is -0.119. The van der Waals surface area contributed by atoms with Gasteiger partial charge in [0.15, 0.2) is 0 Å². The Kier molecular flexibility index (Phi) is 7.39. The van der Waals surface area contributed by atoms with Crippen molar-refractivity contribution in [3.63, 3.8) is 0 Å². The van der Waals surface area contributed by atoms with Crippen LogP contribution in [0.5, 0.6) is 0 Å². The highest BCUT2D eigenvalue weighted by atomic mass is 16.3. The summed E-state index contributed by atoms with van der Waals surface area (Å²) in [7, 11) is 0. The van der Waals surface area contributed by atoms with Gasteiger partial charge in [-0.25, -0.2) is 0 Å². The number of likely N-dealkylation sites (tertiary alicyclic amines) is 1. The molecule has 2 aromatic carbocycles. The monoisotopic (exact) mass is 398 g/mol. The molecule has 3 rings (SSSR count). The molecular weight excluding hydrogens is 368 g/mol. The minimum absolute atomic E-state index is 0.146. The first-order valence-electron chi connectivity index (χ1n) is 10.1. The summed E-state index contributed by atoms with van der Waals surface area (Å²) in [5.74, 6) is -0.0430. The largest absolute Gasteiger partial charge is 0.395 e. The van der Waals surface area contributed by atoms with Gasteiger partial charge in [-0.05, 0) is 17.5 Å². The number of nitrogens with zero attached hydrogens (tertiary/aromatic N) is 1. The van der Waals surface area contributed by atoms with Crippen LogP contribution < -0.4 is 5.32 Å². The number of carbonyl (C=O) groups excluding carboxylic acids is 1. The Bertz CT molecular complexity index is 731. The molecule has 4 unspecified atom stereocenters. The third-order valence-electron chi connectivity index (χ3n) is 5.82. The molecule has 0 spiro atoms. The van der Waals surface area contributed by atoms with E-state index >= 15 is 0 Å². The van der Waals surface area contributed by atoms with Crippen LogP contribution in [0.25, 0.3) is 0 Å². The van der Waals surface area contributed by atoms with Crippen LogP contribution in [0.4, 0.5) is 0 Å². The topological polar surface area (TPSA) is 93.0 Å². The first kappa shape index (κ1) is 21.5. The molecule has 29 heavy (non-hydrogen) atoms. The quantitative estimate of drug-likeness (QED) is 0.535. The first-order chi connectivity index (χ1) is 14.0. The molecule has 0 saturated carbocycles. The summed E-state index contributed by atoms with van der Waals surface area (Å²) in [6, 6.07) is 19.5. The second kappa shape index (κ2) is 9.98. The van der Waals surface area contributed by atoms with Crippen molar-refractivity contribution in [3.8, 4) is 0 Å². The van der Waals surface area contributed by atoms with Gasteiger partial charge in [0.1, 0.15) is 0 Å². The summed E-state index contributed by atoms with van der Waals surface area (Å²) in [4.78, 5) is 13.3. The summed E-state index contributed by atoms with van der Waals surface area (Å²) >= 11 is 0. The second-order valence-electron chi connectivity index (χ2n) is 7.64. The summed E-state index contributed by atoms with van der Waals surface area (Å²) in [6.07, 6.45) is -1.32. The Morgan fingerprint density at radius 1 is 0.966 bits per heavy atom. The molecule has 1 aliphatic heterocycles. The highest BCUT2D eigenvalue weighted by Gasteiger charge is 2.47. The fourth-order valence-corrected chi connectivity index (χ4v) is 4.30. The zero-order chi connectivity index (χ0) is 20.8. The van der Waals surface area contributed by atoms with Crippen LogP contribution in [0.15, 0.2) is 60.7 Å². The molecule has 4 N–H and O–H groups in total. The highest BCUT2D eigenvalue weighted by molar-refractivity contribution is 5.72. The Morgan fingerprint density at radius 3 is 1.97 bits per heavy atom. The summed E-state index contributed by atoms with van der Waals surface area (Å²) in [5.41, 5.74) is 2.39. The molecule has 1 saturated heterocycles. The highest BCUT2D eigenvalue weighted by Crippen LogP contribution is 2.31. The van der Waals surface area contributed by atoms with E-state index < -0.39 is 24.3 Å². The van der Waals surface area contributed by atoms with Gasteiger partial charge in [0, 0.05) is 25.9 Å². The molecule has 0 aromatic heterocycles. The Labute approximate surface area is 171 Å². The van der Waals surface area contributed by atoms with E-state index in [1.54, 1.807) is 0 Å². The number of rotatable bonds is 8. The number of benzene rings is 2. The minimum Gasteiger partial charge on any atom is -0.395 e. The van der Waals surface area contributed by atoms with Crippen molar-refractivity contribution < 1.29 is 20.1 Å². The standard InChI is InChI=1S/C23H30N2O4/c1-16(27)24-14-20-22(28)23(29)21(15-26)25(20)13-12-19(17-8-4-2-5-9-17)18-10-6-3-7-11-18/h2-11,19-23,26,28-29H,12-15H2,1H3,(H,24,27). The van der Waals surface area contributed by atoms with Crippen molar-refractivity contribution in [1.29, 1.82) is 0 Å². The van der Waals surface area contributed by atoms with Crippen LogP contribution in [-0.4, -0.2) is 70.1 Å². The van der Waals surface area contributed by atoms with Gasteiger partial charge in [0.2, 0.25) is 5.91 Å².